The van der Waals surface area contributed by atoms with E-state index >= 15 is 0 Å². The molecule has 0 aliphatic carbocycles. The van der Waals surface area contributed by atoms with Crippen molar-refractivity contribution in [2.75, 3.05) is 26.2 Å². The van der Waals surface area contributed by atoms with Gasteiger partial charge in [-0.2, -0.15) is 0 Å². The minimum absolute atomic E-state index is 0.541. The third kappa shape index (κ3) is 9.01. The van der Waals surface area contributed by atoms with Crippen molar-refractivity contribution in [2.24, 2.45) is 5.73 Å². The molecule has 0 unspecified atom stereocenters. The van der Waals surface area contributed by atoms with E-state index in [2.05, 4.69) is 4.90 Å². The van der Waals surface area contributed by atoms with Gasteiger partial charge in [0.25, 0.3) is 0 Å². The Morgan fingerprint density at radius 2 is 1.67 bits per heavy atom. The Bertz CT molecular complexity index is 262. The molecular formula is C13H27N5. The molecule has 0 saturated carbocycles. The number of nitrogens with two attached hydrogens (primary N) is 1. The summed E-state index contributed by atoms with van der Waals surface area (Å²) in [5.41, 5.74) is 6.89. The third-order valence-corrected chi connectivity index (χ3v) is 2.92. The van der Waals surface area contributed by atoms with Crippen LogP contribution in [0.2, 0.25) is 0 Å². The molecule has 0 fully saturated rings. The van der Waals surface area contributed by atoms with Crippen molar-refractivity contribution in [3.63, 3.8) is 0 Å². The molecule has 0 rings (SSSR count). The lowest BCUT2D eigenvalue weighted by atomic mass is 10.1. The number of rotatable bonds is 12. The van der Waals surface area contributed by atoms with Gasteiger partial charge in [-0.15, -0.1) is 0 Å². The number of nitrogens with zero attached hydrogens (tertiary/aromatic N) is 1. The van der Waals surface area contributed by atoms with E-state index < -0.39 is 0 Å². The van der Waals surface area contributed by atoms with Crippen LogP contribution in [0.3, 0.4) is 0 Å². The number of nitrogens with one attached hydrogen (secondary N) is 3. The summed E-state index contributed by atoms with van der Waals surface area (Å²) in [5.74, 6) is 0. The van der Waals surface area contributed by atoms with Crippen LogP contribution in [0.5, 0.6) is 0 Å². The van der Waals surface area contributed by atoms with E-state index in [-0.39, 0.29) is 0 Å². The third-order valence-electron chi connectivity index (χ3n) is 2.92. The maximum atomic E-state index is 7.72. The average Bonchev–Trinajstić information content (AvgIpc) is 2.37. The molecule has 104 valence electrons. The van der Waals surface area contributed by atoms with Crippen molar-refractivity contribution in [2.45, 2.75) is 39.0 Å². The molecule has 5 N–H and O–H groups in total. The molecule has 0 bridgehead atoms. The van der Waals surface area contributed by atoms with Crippen molar-refractivity contribution >= 4 is 17.6 Å². The molecule has 0 saturated heterocycles. The molecule has 0 heterocycles. The fourth-order valence-corrected chi connectivity index (χ4v) is 1.64. The molecule has 0 amide bonds. The zero-order valence-electron chi connectivity index (χ0n) is 11.5. The van der Waals surface area contributed by atoms with Gasteiger partial charge in [0.05, 0.1) is 0 Å². The summed E-state index contributed by atoms with van der Waals surface area (Å²) in [6, 6.07) is 0. The van der Waals surface area contributed by atoms with Crippen LogP contribution in [0, 0.1) is 16.2 Å². The lowest BCUT2D eigenvalue weighted by molar-refractivity contribution is 0.297. The Labute approximate surface area is 110 Å². The van der Waals surface area contributed by atoms with Gasteiger partial charge in [-0.05, 0) is 44.9 Å². The van der Waals surface area contributed by atoms with Crippen LogP contribution in [-0.2, 0) is 0 Å². The van der Waals surface area contributed by atoms with E-state index in [1.807, 2.05) is 6.92 Å². The van der Waals surface area contributed by atoms with Gasteiger partial charge in [0.2, 0.25) is 0 Å². The molecule has 0 aliphatic heterocycles. The van der Waals surface area contributed by atoms with Crippen molar-refractivity contribution in [1.82, 2.24) is 4.90 Å². The highest BCUT2D eigenvalue weighted by molar-refractivity contribution is 5.82. The fourth-order valence-electron chi connectivity index (χ4n) is 1.64. The van der Waals surface area contributed by atoms with Crippen LogP contribution in [0.15, 0.2) is 0 Å². The second-order valence-electron chi connectivity index (χ2n) is 4.43. The summed E-state index contributed by atoms with van der Waals surface area (Å²) < 4.78 is 0. The monoisotopic (exact) mass is 253 g/mol. The minimum Gasteiger partial charge on any atom is -0.330 e. The Balaban J connectivity index is 4.01. The van der Waals surface area contributed by atoms with Crippen molar-refractivity contribution < 1.29 is 0 Å². The highest BCUT2D eigenvalue weighted by Crippen LogP contribution is 2.00. The summed E-state index contributed by atoms with van der Waals surface area (Å²) in [4.78, 5) is 2.24. The minimum atomic E-state index is 0.541. The largest absolute Gasteiger partial charge is 0.330 e. The van der Waals surface area contributed by atoms with Crippen LogP contribution in [0.4, 0.5) is 0 Å². The molecule has 0 aromatic rings. The summed E-state index contributed by atoms with van der Waals surface area (Å²) in [6.45, 7) is 5.08. The first-order valence-electron chi connectivity index (χ1n) is 6.68. The van der Waals surface area contributed by atoms with Crippen LogP contribution >= 0.6 is 0 Å². The Kier molecular flexibility index (Phi) is 10.4. The molecular weight excluding hydrogens is 226 g/mol. The number of hydrogen-bond acceptors (Lipinski definition) is 5. The lowest BCUT2D eigenvalue weighted by Gasteiger charge is -2.21. The molecule has 5 heteroatoms. The van der Waals surface area contributed by atoms with Crippen molar-refractivity contribution in [3.8, 4) is 0 Å². The zero-order valence-corrected chi connectivity index (χ0v) is 11.5. The normalized spacial score (nSPS) is 10.6. The van der Waals surface area contributed by atoms with Gasteiger partial charge in [0.15, 0.2) is 0 Å². The first kappa shape index (κ1) is 16.9. The van der Waals surface area contributed by atoms with Gasteiger partial charge < -0.3 is 26.9 Å². The topological polar surface area (TPSA) is 101 Å². The average molecular weight is 253 g/mol. The van der Waals surface area contributed by atoms with E-state index in [4.69, 9.17) is 22.0 Å². The standard InChI is InChI=1S/C13H27N5/c1-2-12(16)5-10-18(9-3-7-14)11-6-13(17)4-8-15/h7,14,16-17H,2-6,8-11,15H2,1H3. The van der Waals surface area contributed by atoms with E-state index in [1.165, 1.54) is 6.21 Å². The summed E-state index contributed by atoms with van der Waals surface area (Å²) in [7, 11) is 0. The predicted octanol–water partition coefficient (Wildman–Crippen LogP) is 1.91. The van der Waals surface area contributed by atoms with Gasteiger partial charge in [0, 0.05) is 31.1 Å². The van der Waals surface area contributed by atoms with E-state index in [0.717, 1.165) is 51.0 Å². The maximum Gasteiger partial charge on any atom is 0.0114 e. The molecule has 18 heavy (non-hydrogen) atoms. The smallest absolute Gasteiger partial charge is 0.0114 e. The predicted molar refractivity (Wildman–Crippen MR) is 78.5 cm³/mol. The highest BCUT2D eigenvalue weighted by atomic mass is 15.1. The van der Waals surface area contributed by atoms with Gasteiger partial charge in [0.1, 0.15) is 0 Å². The lowest BCUT2D eigenvalue weighted by Crippen LogP contribution is -2.30. The van der Waals surface area contributed by atoms with Crippen LogP contribution in [0.25, 0.3) is 0 Å². The SMILES string of the molecule is CCC(=N)CCN(CCC=N)CCC(=N)CCN. The van der Waals surface area contributed by atoms with Gasteiger partial charge in [-0.1, -0.05) is 6.92 Å². The fraction of sp³-hybridized carbons (Fsp3) is 0.769. The number of hydrogen-bond donors (Lipinski definition) is 4. The first-order valence-corrected chi connectivity index (χ1v) is 6.68. The van der Waals surface area contributed by atoms with Crippen LogP contribution in [-0.4, -0.2) is 48.7 Å². The van der Waals surface area contributed by atoms with E-state index in [9.17, 15) is 0 Å². The molecule has 0 radical (unpaired) electrons. The molecule has 0 aliphatic rings. The molecule has 0 aromatic carbocycles. The van der Waals surface area contributed by atoms with Gasteiger partial charge in [-0.3, -0.25) is 0 Å². The zero-order chi connectivity index (χ0) is 13.8. The van der Waals surface area contributed by atoms with Crippen LogP contribution < -0.4 is 5.73 Å². The van der Waals surface area contributed by atoms with Crippen molar-refractivity contribution in [1.29, 1.82) is 16.2 Å². The second kappa shape index (κ2) is 11.0. The Morgan fingerprint density at radius 1 is 1.06 bits per heavy atom. The highest BCUT2D eigenvalue weighted by Gasteiger charge is 2.06. The summed E-state index contributed by atoms with van der Waals surface area (Å²) in [6.07, 6.45) is 5.17. The molecule has 5 nitrogen and oxygen atoms in total. The summed E-state index contributed by atoms with van der Waals surface area (Å²) in [5, 5.41) is 22.5. The maximum absolute atomic E-state index is 7.72. The van der Waals surface area contributed by atoms with Crippen molar-refractivity contribution in [3.05, 3.63) is 0 Å². The molecule has 0 atom stereocenters. The second-order valence-corrected chi connectivity index (χ2v) is 4.43. The molecule has 0 spiro atoms. The Morgan fingerprint density at radius 3 is 2.17 bits per heavy atom. The van der Waals surface area contributed by atoms with E-state index in [0.29, 0.717) is 18.7 Å². The molecule has 0 aromatic heterocycles. The quantitative estimate of drug-likeness (QED) is 0.399. The first-order chi connectivity index (χ1) is 8.63. The summed E-state index contributed by atoms with van der Waals surface area (Å²) >= 11 is 0. The van der Waals surface area contributed by atoms with E-state index in [1.54, 1.807) is 0 Å². The Hall–Kier alpha value is -1.07. The van der Waals surface area contributed by atoms with Gasteiger partial charge >= 0.3 is 0 Å². The van der Waals surface area contributed by atoms with Gasteiger partial charge in [-0.25, -0.2) is 0 Å². The van der Waals surface area contributed by atoms with Crippen LogP contribution in [0.1, 0.15) is 39.0 Å².